The Kier molecular flexibility index (Phi) is 2.88. The minimum Gasteiger partial charge on any atom is -0.345 e. The van der Waals surface area contributed by atoms with Crippen LogP contribution in [-0.4, -0.2) is 24.4 Å². The highest BCUT2D eigenvalue weighted by molar-refractivity contribution is 6.06. The number of rotatable bonds is 1. The van der Waals surface area contributed by atoms with Crippen molar-refractivity contribution < 1.29 is 9.59 Å². The highest BCUT2D eigenvalue weighted by Crippen LogP contribution is 2.25. The van der Waals surface area contributed by atoms with Gasteiger partial charge in [-0.25, -0.2) is 0 Å². The summed E-state index contributed by atoms with van der Waals surface area (Å²) in [6.07, 6.45) is 0. The molecule has 0 saturated carbocycles. The average molecular weight is 232 g/mol. The molecule has 1 fully saturated rings. The van der Waals surface area contributed by atoms with E-state index in [1.807, 2.05) is 32.0 Å². The Morgan fingerprint density at radius 2 is 2.00 bits per heavy atom. The van der Waals surface area contributed by atoms with Crippen molar-refractivity contribution in [1.82, 2.24) is 5.32 Å². The number of anilines is 1. The molecule has 1 unspecified atom stereocenters. The molecule has 1 aromatic rings. The van der Waals surface area contributed by atoms with E-state index in [1.165, 1.54) is 0 Å². The Hall–Kier alpha value is -1.84. The lowest BCUT2D eigenvalue weighted by atomic mass is 10.0. The monoisotopic (exact) mass is 232 g/mol. The first-order valence-electron chi connectivity index (χ1n) is 5.68. The Labute approximate surface area is 101 Å². The van der Waals surface area contributed by atoms with E-state index in [9.17, 15) is 9.59 Å². The number of aryl methyl sites for hydroxylation is 1. The molecule has 0 bridgehead atoms. The minimum absolute atomic E-state index is 0.0641. The van der Waals surface area contributed by atoms with Gasteiger partial charge in [0.1, 0.15) is 6.04 Å². The standard InChI is InChI=1S/C13H16N2O2/c1-8-5-4-6-11(9(8)2)15-10(3)13(17)14-7-12(15)16/h4-6,10H,7H2,1-3H3,(H,14,17). The van der Waals surface area contributed by atoms with Crippen LogP contribution in [0.15, 0.2) is 18.2 Å². The second-order valence-corrected chi connectivity index (χ2v) is 4.38. The first-order valence-corrected chi connectivity index (χ1v) is 5.68. The molecular formula is C13H16N2O2. The maximum Gasteiger partial charge on any atom is 0.247 e. The van der Waals surface area contributed by atoms with Crippen LogP contribution in [0.4, 0.5) is 5.69 Å². The maximum absolute atomic E-state index is 11.9. The molecule has 2 rings (SSSR count). The molecule has 1 aliphatic heterocycles. The fourth-order valence-electron chi connectivity index (χ4n) is 2.07. The molecular weight excluding hydrogens is 216 g/mol. The molecule has 4 nitrogen and oxygen atoms in total. The number of amides is 2. The molecule has 1 aliphatic rings. The van der Waals surface area contributed by atoms with Crippen molar-refractivity contribution in [3.8, 4) is 0 Å². The zero-order chi connectivity index (χ0) is 12.6. The summed E-state index contributed by atoms with van der Waals surface area (Å²) >= 11 is 0. The van der Waals surface area contributed by atoms with Crippen LogP contribution < -0.4 is 10.2 Å². The third-order valence-electron chi connectivity index (χ3n) is 3.28. The van der Waals surface area contributed by atoms with Crippen molar-refractivity contribution in [3.63, 3.8) is 0 Å². The third kappa shape index (κ3) is 1.90. The van der Waals surface area contributed by atoms with E-state index in [0.717, 1.165) is 16.8 Å². The number of carbonyl (C=O) groups excluding carboxylic acids is 2. The van der Waals surface area contributed by atoms with Crippen molar-refractivity contribution in [2.45, 2.75) is 26.8 Å². The molecule has 1 N–H and O–H groups in total. The second-order valence-electron chi connectivity index (χ2n) is 4.38. The lowest BCUT2D eigenvalue weighted by molar-refractivity contribution is -0.130. The Balaban J connectivity index is 2.47. The van der Waals surface area contributed by atoms with Gasteiger partial charge in [0.05, 0.1) is 6.54 Å². The fraction of sp³-hybridized carbons (Fsp3) is 0.385. The average Bonchev–Trinajstić information content (AvgIpc) is 2.30. The van der Waals surface area contributed by atoms with Crippen molar-refractivity contribution in [2.24, 2.45) is 0 Å². The van der Waals surface area contributed by atoms with Crippen LogP contribution in [0.25, 0.3) is 0 Å². The number of nitrogens with zero attached hydrogens (tertiary/aromatic N) is 1. The van der Waals surface area contributed by atoms with Gasteiger partial charge >= 0.3 is 0 Å². The van der Waals surface area contributed by atoms with Crippen molar-refractivity contribution in [1.29, 1.82) is 0 Å². The van der Waals surface area contributed by atoms with E-state index in [1.54, 1.807) is 11.8 Å². The fourth-order valence-corrected chi connectivity index (χ4v) is 2.07. The van der Waals surface area contributed by atoms with Gasteiger partial charge in [0.25, 0.3) is 0 Å². The Morgan fingerprint density at radius 1 is 1.29 bits per heavy atom. The molecule has 1 heterocycles. The van der Waals surface area contributed by atoms with E-state index < -0.39 is 6.04 Å². The molecule has 0 aromatic heterocycles. The first-order chi connectivity index (χ1) is 8.02. The molecule has 1 saturated heterocycles. The van der Waals surface area contributed by atoms with Crippen LogP contribution in [0.2, 0.25) is 0 Å². The van der Waals surface area contributed by atoms with Crippen LogP contribution in [-0.2, 0) is 9.59 Å². The Morgan fingerprint density at radius 3 is 2.71 bits per heavy atom. The second kappa shape index (κ2) is 4.20. The largest absolute Gasteiger partial charge is 0.345 e. The van der Waals surface area contributed by atoms with E-state index in [-0.39, 0.29) is 18.4 Å². The molecule has 90 valence electrons. The third-order valence-corrected chi connectivity index (χ3v) is 3.28. The van der Waals surface area contributed by atoms with Gasteiger partial charge < -0.3 is 5.32 Å². The van der Waals surface area contributed by atoms with Crippen LogP contribution in [0.5, 0.6) is 0 Å². The van der Waals surface area contributed by atoms with Gasteiger partial charge in [-0.2, -0.15) is 0 Å². The quantitative estimate of drug-likeness (QED) is 0.789. The topological polar surface area (TPSA) is 49.4 Å². The number of carbonyl (C=O) groups is 2. The van der Waals surface area contributed by atoms with Gasteiger partial charge in [-0.1, -0.05) is 12.1 Å². The lowest BCUT2D eigenvalue weighted by Gasteiger charge is -2.34. The SMILES string of the molecule is Cc1cccc(N2C(=O)CNC(=O)C2C)c1C. The number of hydrogen-bond acceptors (Lipinski definition) is 2. The zero-order valence-corrected chi connectivity index (χ0v) is 10.3. The molecule has 0 aliphatic carbocycles. The molecule has 1 atom stereocenters. The molecule has 2 amide bonds. The first kappa shape index (κ1) is 11.6. The predicted octanol–water partition coefficient (Wildman–Crippen LogP) is 1.15. The highest BCUT2D eigenvalue weighted by Gasteiger charge is 2.32. The smallest absolute Gasteiger partial charge is 0.247 e. The molecule has 1 aromatic carbocycles. The van der Waals surface area contributed by atoms with E-state index >= 15 is 0 Å². The van der Waals surface area contributed by atoms with Gasteiger partial charge in [0.15, 0.2) is 0 Å². The minimum atomic E-state index is -0.447. The maximum atomic E-state index is 11.9. The predicted molar refractivity (Wildman–Crippen MR) is 65.9 cm³/mol. The van der Waals surface area contributed by atoms with Gasteiger partial charge in [-0.3, -0.25) is 14.5 Å². The normalized spacial score (nSPS) is 20.4. The number of hydrogen-bond donors (Lipinski definition) is 1. The molecule has 4 heteroatoms. The van der Waals surface area contributed by atoms with Crippen LogP contribution in [0.3, 0.4) is 0 Å². The van der Waals surface area contributed by atoms with E-state index in [0.29, 0.717) is 0 Å². The summed E-state index contributed by atoms with van der Waals surface area (Å²) in [7, 11) is 0. The Bertz CT molecular complexity index is 482. The summed E-state index contributed by atoms with van der Waals surface area (Å²) < 4.78 is 0. The van der Waals surface area contributed by atoms with Gasteiger partial charge in [0.2, 0.25) is 11.8 Å². The molecule has 0 spiro atoms. The van der Waals surface area contributed by atoms with Crippen LogP contribution in [0, 0.1) is 13.8 Å². The van der Waals surface area contributed by atoms with Crippen LogP contribution in [0.1, 0.15) is 18.1 Å². The zero-order valence-electron chi connectivity index (χ0n) is 10.3. The number of piperazine rings is 1. The van der Waals surface area contributed by atoms with Gasteiger partial charge in [-0.15, -0.1) is 0 Å². The summed E-state index contributed by atoms with van der Waals surface area (Å²) in [6.45, 7) is 5.79. The summed E-state index contributed by atoms with van der Waals surface area (Å²) in [4.78, 5) is 25.1. The molecule has 0 radical (unpaired) electrons. The highest BCUT2D eigenvalue weighted by atomic mass is 16.2. The lowest BCUT2D eigenvalue weighted by Crippen LogP contribution is -2.57. The van der Waals surface area contributed by atoms with Gasteiger partial charge in [-0.05, 0) is 38.0 Å². The van der Waals surface area contributed by atoms with E-state index in [4.69, 9.17) is 0 Å². The summed E-state index contributed by atoms with van der Waals surface area (Å²) in [6, 6.07) is 5.34. The summed E-state index contributed by atoms with van der Waals surface area (Å²) in [5, 5.41) is 2.59. The molecule has 17 heavy (non-hydrogen) atoms. The van der Waals surface area contributed by atoms with Crippen molar-refractivity contribution >= 4 is 17.5 Å². The van der Waals surface area contributed by atoms with E-state index in [2.05, 4.69) is 5.32 Å². The van der Waals surface area contributed by atoms with Gasteiger partial charge in [0, 0.05) is 5.69 Å². The van der Waals surface area contributed by atoms with Crippen LogP contribution >= 0.6 is 0 Å². The van der Waals surface area contributed by atoms with Crippen molar-refractivity contribution in [2.75, 3.05) is 11.4 Å². The summed E-state index contributed by atoms with van der Waals surface area (Å²) in [5.41, 5.74) is 2.99. The number of benzene rings is 1. The number of nitrogens with one attached hydrogen (secondary N) is 1. The summed E-state index contributed by atoms with van der Waals surface area (Å²) in [5.74, 6) is -0.170. The van der Waals surface area contributed by atoms with Crippen molar-refractivity contribution in [3.05, 3.63) is 29.3 Å².